The molecule has 0 saturated carbocycles. The smallest absolute Gasteiger partial charge is 0.269 e. The van der Waals surface area contributed by atoms with Crippen LogP contribution in [0.3, 0.4) is 0 Å². The molecule has 8 nitrogen and oxygen atoms in total. The monoisotopic (exact) mass is 454 g/mol. The average molecular weight is 454 g/mol. The number of rotatable bonds is 4. The summed E-state index contributed by atoms with van der Waals surface area (Å²) in [6.07, 6.45) is 4.83. The normalized spacial score (nSPS) is 27.4. The lowest BCUT2D eigenvalue weighted by molar-refractivity contribution is -0.384. The summed E-state index contributed by atoms with van der Waals surface area (Å²) in [4.78, 5) is 45.5. The summed E-state index contributed by atoms with van der Waals surface area (Å²) in [6.45, 7) is 0.675. The van der Waals surface area contributed by atoms with E-state index in [0.717, 1.165) is 18.4 Å². The lowest BCUT2D eigenvalue weighted by atomic mass is 9.69. The first kappa shape index (κ1) is 20.7. The Morgan fingerprint density at radius 1 is 1.15 bits per heavy atom. The van der Waals surface area contributed by atoms with Crippen LogP contribution >= 0.6 is 0 Å². The first-order valence-electron chi connectivity index (χ1n) is 11.4. The minimum atomic E-state index is -1.18. The summed E-state index contributed by atoms with van der Waals surface area (Å²) < 4.78 is 0. The highest BCUT2D eigenvalue weighted by atomic mass is 16.6. The quantitative estimate of drug-likeness (QED) is 0.364. The van der Waals surface area contributed by atoms with Gasteiger partial charge in [0, 0.05) is 53.3 Å². The second kappa shape index (κ2) is 7.56. The molecule has 0 aliphatic carbocycles. The summed E-state index contributed by atoms with van der Waals surface area (Å²) in [5, 5.41) is 14.6. The molecule has 8 heteroatoms. The van der Waals surface area contributed by atoms with Crippen LogP contribution in [-0.4, -0.2) is 39.1 Å². The molecule has 0 bridgehead atoms. The molecule has 3 aliphatic rings. The number of non-ortho nitro benzene ring substituents is 1. The standard InChI is InChI=1S/C26H22N4O4/c31-24(17-7-4-12-27-15-17)23-22(16-6-3-8-18(14-16)30(33)34)21-11-5-13-29(21)26(23)19-9-1-2-10-20(19)28-25(26)32/h1-4,6-10,12,14-15,21-23H,5,11,13H2,(H,28,32)/t21-,22-,23-,26+/m1/s1. The van der Waals surface area contributed by atoms with E-state index in [0.29, 0.717) is 23.4 Å². The van der Waals surface area contributed by atoms with Crippen LogP contribution in [0.25, 0.3) is 0 Å². The Balaban J connectivity index is 1.62. The van der Waals surface area contributed by atoms with Gasteiger partial charge < -0.3 is 5.32 Å². The number of nitro groups is 1. The van der Waals surface area contributed by atoms with Gasteiger partial charge in [-0.25, -0.2) is 0 Å². The van der Waals surface area contributed by atoms with Gasteiger partial charge in [-0.15, -0.1) is 0 Å². The Morgan fingerprint density at radius 3 is 2.79 bits per heavy atom. The SMILES string of the molecule is O=C(c1cccnc1)[C@H]1[C@H](c2cccc([N+](=O)[O-])c2)[C@H]2CCCN2[C@]12C(=O)Nc1ccccc12. The Bertz CT molecular complexity index is 1330. The minimum absolute atomic E-state index is 0.0214. The van der Waals surface area contributed by atoms with Gasteiger partial charge in [0.05, 0.1) is 10.8 Å². The Kier molecular flexibility index (Phi) is 4.60. The molecule has 0 unspecified atom stereocenters. The van der Waals surface area contributed by atoms with Crippen molar-refractivity contribution in [3.8, 4) is 0 Å². The fourth-order valence-corrected chi connectivity index (χ4v) is 6.42. The van der Waals surface area contributed by atoms with Crippen molar-refractivity contribution in [1.29, 1.82) is 0 Å². The number of nitro benzene ring substituents is 1. The number of nitrogens with zero attached hydrogens (tertiary/aromatic N) is 3. The van der Waals surface area contributed by atoms with Crippen LogP contribution in [0.1, 0.15) is 40.2 Å². The number of benzene rings is 2. The number of ketones is 1. The maximum atomic E-state index is 14.2. The molecule has 34 heavy (non-hydrogen) atoms. The van der Waals surface area contributed by atoms with Crippen molar-refractivity contribution >= 4 is 23.1 Å². The Labute approximate surface area is 195 Å². The third kappa shape index (κ3) is 2.72. The van der Waals surface area contributed by atoms with Crippen molar-refractivity contribution in [2.75, 3.05) is 11.9 Å². The van der Waals surface area contributed by atoms with E-state index in [2.05, 4.69) is 15.2 Å². The highest BCUT2D eigenvalue weighted by Gasteiger charge is 2.69. The van der Waals surface area contributed by atoms with Gasteiger partial charge in [0.15, 0.2) is 5.78 Å². The van der Waals surface area contributed by atoms with Gasteiger partial charge in [-0.1, -0.05) is 30.3 Å². The molecule has 6 rings (SSSR count). The molecular formula is C26H22N4O4. The van der Waals surface area contributed by atoms with E-state index in [1.807, 2.05) is 30.3 Å². The molecule has 3 aromatic rings. The van der Waals surface area contributed by atoms with E-state index < -0.39 is 16.4 Å². The van der Waals surface area contributed by atoms with Crippen LogP contribution in [0.5, 0.6) is 0 Å². The summed E-state index contributed by atoms with van der Waals surface area (Å²) in [6, 6.07) is 17.4. The van der Waals surface area contributed by atoms with Gasteiger partial charge in [0.25, 0.3) is 5.69 Å². The molecule has 4 atom stereocenters. The van der Waals surface area contributed by atoms with E-state index in [1.165, 1.54) is 12.3 Å². The number of carbonyl (C=O) groups is 2. The summed E-state index contributed by atoms with van der Waals surface area (Å²) in [5.74, 6) is -1.53. The number of carbonyl (C=O) groups excluding carboxylic acids is 2. The van der Waals surface area contributed by atoms with Gasteiger partial charge >= 0.3 is 0 Å². The molecule has 4 heterocycles. The number of nitrogens with one attached hydrogen (secondary N) is 1. The van der Waals surface area contributed by atoms with Crippen molar-refractivity contribution in [1.82, 2.24) is 9.88 Å². The highest BCUT2D eigenvalue weighted by Crippen LogP contribution is 2.61. The number of Topliss-reactive ketones (excluding diaryl/α,β-unsaturated/α-hetero) is 1. The molecular weight excluding hydrogens is 432 g/mol. The summed E-state index contributed by atoms with van der Waals surface area (Å²) in [5.41, 5.74) is 1.44. The van der Waals surface area contributed by atoms with Crippen molar-refractivity contribution in [3.05, 3.63) is 99.9 Å². The van der Waals surface area contributed by atoms with Crippen LogP contribution in [-0.2, 0) is 10.3 Å². The molecule has 2 aromatic carbocycles. The van der Waals surface area contributed by atoms with Crippen molar-refractivity contribution in [2.24, 2.45) is 5.92 Å². The van der Waals surface area contributed by atoms with Gasteiger partial charge in [0.1, 0.15) is 5.54 Å². The Hall–Kier alpha value is -3.91. The van der Waals surface area contributed by atoms with E-state index in [9.17, 15) is 19.7 Å². The minimum Gasteiger partial charge on any atom is -0.324 e. The fraction of sp³-hybridized carbons (Fsp3) is 0.269. The van der Waals surface area contributed by atoms with Crippen molar-refractivity contribution in [3.63, 3.8) is 0 Å². The average Bonchev–Trinajstić information content (AvgIpc) is 3.52. The molecule has 3 aliphatic heterocycles. The number of fused-ring (bicyclic) bond motifs is 4. The van der Waals surface area contributed by atoms with Crippen LogP contribution < -0.4 is 5.32 Å². The van der Waals surface area contributed by atoms with E-state index >= 15 is 0 Å². The van der Waals surface area contributed by atoms with E-state index in [4.69, 9.17) is 0 Å². The van der Waals surface area contributed by atoms with Gasteiger partial charge in [0.2, 0.25) is 5.91 Å². The lowest BCUT2D eigenvalue weighted by Crippen LogP contribution is -2.52. The molecule has 1 aromatic heterocycles. The topological polar surface area (TPSA) is 105 Å². The maximum absolute atomic E-state index is 14.2. The van der Waals surface area contributed by atoms with Gasteiger partial charge in [-0.2, -0.15) is 0 Å². The molecule has 1 amide bonds. The first-order chi connectivity index (χ1) is 16.5. The van der Waals surface area contributed by atoms with Crippen molar-refractivity contribution in [2.45, 2.75) is 30.3 Å². The predicted octanol–water partition coefficient (Wildman–Crippen LogP) is 3.90. The fourth-order valence-electron chi connectivity index (χ4n) is 6.42. The van der Waals surface area contributed by atoms with Crippen molar-refractivity contribution < 1.29 is 14.5 Å². The molecule has 2 saturated heterocycles. The molecule has 0 radical (unpaired) electrons. The second-order valence-corrected chi connectivity index (χ2v) is 9.13. The zero-order valence-electron chi connectivity index (χ0n) is 18.3. The number of amides is 1. The summed E-state index contributed by atoms with van der Waals surface area (Å²) >= 11 is 0. The Morgan fingerprint density at radius 2 is 2.00 bits per heavy atom. The first-order valence-corrected chi connectivity index (χ1v) is 11.4. The molecule has 1 spiro atoms. The number of pyridine rings is 1. The van der Waals surface area contributed by atoms with Gasteiger partial charge in [-0.3, -0.25) is 29.6 Å². The van der Waals surface area contributed by atoms with Crippen LogP contribution in [0.15, 0.2) is 73.1 Å². The number of anilines is 1. The number of para-hydroxylation sites is 1. The lowest BCUT2D eigenvalue weighted by Gasteiger charge is -2.36. The number of aromatic nitrogens is 1. The maximum Gasteiger partial charge on any atom is 0.269 e. The van der Waals surface area contributed by atoms with E-state index in [1.54, 1.807) is 30.5 Å². The van der Waals surface area contributed by atoms with Crippen LogP contribution in [0.4, 0.5) is 11.4 Å². The molecule has 2 fully saturated rings. The zero-order chi connectivity index (χ0) is 23.4. The third-order valence-corrected chi connectivity index (χ3v) is 7.60. The predicted molar refractivity (Wildman–Crippen MR) is 124 cm³/mol. The van der Waals surface area contributed by atoms with E-state index in [-0.39, 0.29) is 29.3 Å². The molecule has 170 valence electrons. The zero-order valence-corrected chi connectivity index (χ0v) is 18.3. The number of hydrogen-bond acceptors (Lipinski definition) is 6. The molecule has 1 N–H and O–H groups in total. The van der Waals surface area contributed by atoms with Crippen LogP contribution in [0.2, 0.25) is 0 Å². The highest BCUT2D eigenvalue weighted by molar-refractivity contribution is 6.12. The van der Waals surface area contributed by atoms with Crippen LogP contribution in [0, 0.1) is 16.0 Å². The largest absolute Gasteiger partial charge is 0.324 e. The summed E-state index contributed by atoms with van der Waals surface area (Å²) in [7, 11) is 0. The second-order valence-electron chi connectivity index (χ2n) is 9.13. The third-order valence-electron chi connectivity index (χ3n) is 7.60. The van der Waals surface area contributed by atoms with Gasteiger partial charge in [-0.05, 0) is 43.1 Å². The number of hydrogen-bond donors (Lipinski definition) is 1.